The van der Waals surface area contributed by atoms with Gasteiger partial charge in [-0.25, -0.2) is 0 Å². The fourth-order valence-corrected chi connectivity index (χ4v) is 0.731. The van der Waals surface area contributed by atoms with Crippen LogP contribution in [0.1, 0.15) is 27.2 Å². The van der Waals surface area contributed by atoms with E-state index in [4.69, 9.17) is 2.81 Å². The minimum absolute atomic E-state index is 0.157. The van der Waals surface area contributed by atoms with Crippen LogP contribution in [0.2, 0.25) is 0 Å². The van der Waals surface area contributed by atoms with Crippen molar-refractivity contribution in [3.8, 4) is 0 Å². The van der Waals surface area contributed by atoms with E-state index in [0.29, 0.717) is 25.2 Å². The van der Waals surface area contributed by atoms with Gasteiger partial charge in [-0.2, -0.15) is 0 Å². The molecule has 7 heavy (non-hydrogen) atoms. The van der Waals surface area contributed by atoms with Crippen molar-refractivity contribution in [2.75, 3.05) is 0 Å². The Balaban J connectivity index is 3.36. The molecule has 0 spiro atoms. The summed E-state index contributed by atoms with van der Waals surface area (Å²) in [6, 6.07) is 0. The van der Waals surface area contributed by atoms with E-state index >= 15 is 0 Å². The summed E-state index contributed by atoms with van der Waals surface area (Å²) in [7, 11) is 0. The molecular formula is C5H13BiO. The van der Waals surface area contributed by atoms with Crippen LogP contribution in [0, 0.1) is 0 Å². The Hall–Kier alpha value is 0.843. The van der Waals surface area contributed by atoms with Crippen LogP contribution in [0.15, 0.2) is 0 Å². The molecular weight excluding hydrogens is 285 g/mol. The van der Waals surface area contributed by atoms with Crippen molar-refractivity contribution in [3.05, 3.63) is 0 Å². The van der Waals surface area contributed by atoms with Gasteiger partial charge in [0.05, 0.1) is 0 Å². The molecule has 0 unspecified atom stereocenters. The van der Waals surface area contributed by atoms with Crippen LogP contribution in [-0.4, -0.2) is 30.8 Å². The van der Waals surface area contributed by atoms with Crippen LogP contribution in [-0.2, 0) is 2.81 Å². The molecule has 0 aliphatic heterocycles. The van der Waals surface area contributed by atoms with Gasteiger partial charge >= 0.3 is 60.8 Å². The molecule has 0 saturated carbocycles. The number of hydrogen-bond donors (Lipinski definition) is 0. The molecule has 0 radical (unpaired) electrons. The van der Waals surface area contributed by atoms with E-state index < -0.39 is 0 Å². The third kappa shape index (κ3) is 3.43. The monoisotopic (exact) mass is 298 g/mol. The van der Waals surface area contributed by atoms with Crippen molar-refractivity contribution >= 4 is 25.2 Å². The minimum atomic E-state index is 0.157. The van der Waals surface area contributed by atoms with Gasteiger partial charge in [0, 0.05) is 0 Å². The molecule has 0 aliphatic carbocycles. The zero-order valence-corrected chi connectivity index (χ0v) is 9.68. The van der Waals surface area contributed by atoms with Gasteiger partial charge in [0.25, 0.3) is 0 Å². The summed E-state index contributed by atoms with van der Waals surface area (Å²) >= 11 is 0.681. The molecule has 0 N–H and O–H groups in total. The Morgan fingerprint density at radius 2 is 2.00 bits per heavy atom. The van der Waals surface area contributed by atoms with Crippen LogP contribution in [0.3, 0.4) is 0 Å². The normalized spacial score (nSPS) is 12.0. The van der Waals surface area contributed by atoms with Crippen molar-refractivity contribution < 1.29 is 2.81 Å². The molecule has 0 atom stereocenters. The van der Waals surface area contributed by atoms with E-state index in [2.05, 4.69) is 20.8 Å². The van der Waals surface area contributed by atoms with Crippen molar-refractivity contribution in [1.82, 2.24) is 0 Å². The van der Waals surface area contributed by atoms with Crippen LogP contribution >= 0.6 is 0 Å². The Kier molecular flexibility index (Phi) is 3.35. The fourth-order valence-electron chi connectivity index (χ4n) is 0.0833. The first kappa shape index (κ1) is 7.84. The molecule has 0 saturated heterocycles. The van der Waals surface area contributed by atoms with Gasteiger partial charge in [-0.1, -0.05) is 0 Å². The molecule has 2 heteroatoms. The molecule has 1 nitrogen and oxygen atoms in total. The van der Waals surface area contributed by atoms with Gasteiger partial charge in [0.1, 0.15) is 0 Å². The van der Waals surface area contributed by atoms with Gasteiger partial charge in [-0.15, -0.1) is 0 Å². The SMILES string of the molecule is CCC(C)(C)[O][BiH2]. The van der Waals surface area contributed by atoms with Crippen LogP contribution in [0.25, 0.3) is 0 Å². The molecule has 0 heterocycles. The third-order valence-electron chi connectivity index (χ3n) is 1.17. The molecule has 0 aromatic carbocycles. The molecule has 44 valence electrons. The molecule has 0 rings (SSSR count). The van der Waals surface area contributed by atoms with E-state index in [9.17, 15) is 0 Å². The topological polar surface area (TPSA) is 9.23 Å². The van der Waals surface area contributed by atoms with Crippen molar-refractivity contribution in [2.45, 2.75) is 32.8 Å². The summed E-state index contributed by atoms with van der Waals surface area (Å²) < 4.78 is 5.25. The van der Waals surface area contributed by atoms with Crippen LogP contribution in [0.4, 0.5) is 0 Å². The summed E-state index contributed by atoms with van der Waals surface area (Å²) in [6.45, 7) is 6.38. The van der Waals surface area contributed by atoms with E-state index in [1.54, 1.807) is 0 Å². The van der Waals surface area contributed by atoms with E-state index in [0.717, 1.165) is 6.42 Å². The number of rotatable bonds is 2. The molecule has 0 amide bonds. The second kappa shape index (κ2) is 2.99. The first-order chi connectivity index (χ1) is 3.12. The molecule has 0 aliphatic rings. The Morgan fingerprint density at radius 1 is 1.57 bits per heavy atom. The first-order valence-corrected chi connectivity index (χ1v) is 4.33. The Labute approximate surface area is 60.9 Å². The standard InChI is InChI=1S/C5H11O.Bi.2H/c1-4-5(2,3)6;;;/h4H2,1-3H3;;;/q-1;+1;;. The Bertz CT molecular complexity index is 46.0. The summed E-state index contributed by atoms with van der Waals surface area (Å²) in [5, 5.41) is 0. The van der Waals surface area contributed by atoms with E-state index in [1.165, 1.54) is 0 Å². The molecule has 0 fully saturated rings. The van der Waals surface area contributed by atoms with Gasteiger partial charge in [-0.05, 0) is 0 Å². The predicted molar refractivity (Wildman–Crippen MR) is 34.0 cm³/mol. The van der Waals surface area contributed by atoms with Crippen LogP contribution < -0.4 is 0 Å². The maximum atomic E-state index is 5.25. The zero-order chi connectivity index (χ0) is 5.91. The third-order valence-corrected chi connectivity index (χ3v) is 3.65. The summed E-state index contributed by atoms with van der Waals surface area (Å²) in [5.41, 5.74) is 0.157. The predicted octanol–water partition coefficient (Wildman–Crippen LogP) is 0.740. The summed E-state index contributed by atoms with van der Waals surface area (Å²) in [6.07, 6.45) is 1.11. The van der Waals surface area contributed by atoms with E-state index in [1.807, 2.05) is 0 Å². The average Bonchev–Trinajstić information content (AvgIpc) is 1.68. The van der Waals surface area contributed by atoms with Gasteiger partial charge < -0.3 is 0 Å². The quantitative estimate of drug-likeness (QED) is 0.683. The van der Waals surface area contributed by atoms with Crippen molar-refractivity contribution in [1.29, 1.82) is 0 Å². The number of hydrogen-bond acceptors (Lipinski definition) is 1. The average molecular weight is 298 g/mol. The van der Waals surface area contributed by atoms with Crippen molar-refractivity contribution in [2.24, 2.45) is 0 Å². The molecule has 0 aromatic rings. The first-order valence-electron chi connectivity index (χ1n) is 2.50. The summed E-state index contributed by atoms with van der Waals surface area (Å²) in [5.74, 6) is 0. The second-order valence-corrected chi connectivity index (χ2v) is 3.15. The zero-order valence-electron chi connectivity index (χ0n) is 5.19. The van der Waals surface area contributed by atoms with Gasteiger partial charge in [-0.3, -0.25) is 0 Å². The van der Waals surface area contributed by atoms with Crippen molar-refractivity contribution in [3.63, 3.8) is 0 Å². The van der Waals surface area contributed by atoms with Gasteiger partial charge in [0.2, 0.25) is 0 Å². The van der Waals surface area contributed by atoms with Crippen LogP contribution in [0.5, 0.6) is 0 Å². The molecule has 0 aromatic heterocycles. The Morgan fingerprint density at radius 3 is 2.00 bits per heavy atom. The van der Waals surface area contributed by atoms with E-state index in [-0.39, 0.29) is 5.60 Å². The fraction of sp³-hybridized carbons (Fsp3) is 1.00. The van der Waals surface area contributed by atoms with Gasteiger partial charge in [0.15, 0.2) is 0 Å². The maximum absolute atomic E-state index is 5.25. The molecule has 0 bridgehead atoms. The second-order valence-electron chi connectivity index (χ2n) is 2.23. The summed E-state index contributed by atoms with van der Waals surface area (Å²) in [4.78, 5) is 0.